The molecule has 0 unspecified atom stereocenters. The number of nitro groups is 1. The highest BCUT2D eigenvalue weighted by molar-refractivity contribution is 6.04. The summed E-state index contributed by atoms with van der Waals surface area (Å²) >= 11 is 0. The maximum atomic E-state index is 10.7. The molecule has 0 saturated carbocycles. The number of aliphatic imine (C=N–C) groups is 1. The number of rotatable bonds is 3. The van der Waals surface area contributed by atoms with Gasteiger partial charge in [-0.15, -0.1) is 0 Å². The number of hydrogen-bond donors (Lipinski definition) is 1. The maximum Gasteiger partial charge on any atom is 0.270 e. The number of non-ortho nitro benzene ring substituents is 1. The highest BCUT2D eigenvalue weighted by atomic mass is 16.6. The van der Waals surface area contributed by atoms with Crippen LogP contribution in [0.3, 0.4) is 0 Å². The normalized spacial score (nSPS) is 13.2. The predicted octanol–water partition coefficient (Wildman–Crippen LogP) is 3.64. The lowest BCUT2D eigenvalue weighted by Gasteiger charge is -1.99. The predicted molar refractivity (Wildman–Crippen MR) is 81.0 cm³/mol. The van der Waals surface area contributed by atoms with Crippen LogP contribution in [0.25, 0.3) is 6.08 Å². The Bertz CT molecular complexity index is 779. The van der Waals surface area contributed by atoms with Crippen LogP contribution in [0.4, 0.5) is 11.4 Å². The lowest BCUT2D eigenvalue weighted by Crippen LogP contribution is -1.92. The highest BCUT2D eigenvalue weighted by Gasteiger charge is 2.12. The summed E-state index contributed by atoms with van der Waals surface area (Å²) in [5, 5.41) is 20.5. The minimum atomic E-state index is -0.486. The smallest absolute Gasteiger partial charge is 0.270 e. The molecule has 1 aliphatic rings. The number of benzene rings is 2. The molecule has 2 aromatic rings. The van der Waals surface area contributed by atoms with E-state index in [0.29, 0.717) is 5.56 Å². The van der Waals surface area contributed by atoms with E-state index < -0.39 is 4.92 Å². The van der Waals surface area contributed by atoms with E-state index in [1.54, 1.807) is 12.2 Å². The first-order valence-electron chi connectivity index (χ1n) is 6.44. The van der Waals surface area contributed by atoms with Gasteiger partial charge in [0.05, 0.1) is 10.6 Å². The SMILES string of the molecule is O=[N+]([O-])c1ccc(O)c(/C=C/C2=Nc3ccccc3C2)c1. The summed E-state index contributed by atoms with van der Waals surface area (Å²) in [6.45, 7) is 0. The standard InChI is InChI=1S/C16H12N2O3/c19-16-8-7-14(18(20)21)10-12(16)5-6-13-9-11-3-1-2-4-15(11)17-13/h1-8,10,19H,9H2/b6-5+. The molecule has 0 atom stereocenters. The number of nitrogens with zero attached hydrogens (tertiary/aromatic N) is 2. The molecule has 0 aromatic heterocycles. The fourth-order valence-electron chi connectivity index (χ4n) is 2.23. The van der Waals surface area contributed by atoms with Gasteiger partial charge in [0, 0.05) is 29.8 Å². The third-order valence-corrected chi connectivity index (χ3v) is 3.30. The molecule has 0 amide bonds. The Balaban J connectivity index is 1.85. The van der Waals surface area contributed by atoms with E-state index in [1.807, 2.05) is 24.3 Å². The number of phenolic OH excluding ortho intramolecular Hbond substituents is 1. The molecular formula is C16H12N2O3. The molecule has 1 aliphatic heterocycles. The van der Waals surface area contributed by atoms with Gasteiger partial charge in [-0.3, -0.25) is 15.1 Å². The molecule has 1 heterocycles. The van der Waals surface area contributed by atoms with Gasteiger partial charge in [0.25, 0.3) is 5.69 Å². The van der Waals surface area contributed by atoms with Crippen LogP contribution in [0.2, 0.25) is 0 Å². The highest BCUT2D eigenvalue weighted by Crippen LogP contribution is 2.28. The molecule has 5 heteroatoms. The number of nitro benzene ring substituents is 1. The summed E-state index contributed by atoms with van der Waals surface area (Å²) in [7, 11) is 0. The molecule has 0 aliphatic carbocycles. The van der Waals surface area contributed by atoms with Crippen molar-refractivity contribution in [1.29, 1.82) is 0 Å². The molecule has 0 saturated heterocycles. The van der Waals surface area contributed by atoms with Crippen LogP contribution in [0, 0.1) is 10.1 Å². The van der Waals surface area contributed by atoms with Gasteiger partial charge >= 0.3 is 0 Å². The van der Waals surface area contributed by atoms with Gasteiger partial charge in [0.2, 0.25) is 0 Å². The summed E-state index contributed by atoms with van der Waals surface area (Å²) in [5.41, 5.74) is 3.31. The Morgan fingerprint density at radius 3 is 2.76 bits per heavy atom. The molecule has 21 heavy (non-hydrogen) atoms. The number of aromatic hydroxyl groups is 1. The summed E-state index contributed by atoms with van der Waals surface area (Å²) in [5.74, 6) is 0.00737. The number of para-hydroxylation sites is 1. The molecule has 2 aromatic carbocycles. The summed E-state index contributed by atoms with van der Waals surface area (Å²) in [4.78, 5) is 14.7. The Morgan fingerprint density at radius 1 is 1.19 bits per heavy atom. The van der Waals surface area contributed by atoms with E-state index >= 15 is 0 Å². The quantitative estimate of drug-likeness (QED) is 0.688. The first kappa shape index (κ1) is 13.1. The van der Waals surface area contributed by atoms with E-state index in [2.05, 4.69) is 4.99 Å². The average molecular weight is 280 g/mol. The zero-order valence-electron chi connectivity index (χ0n) is 11.1. The summed E-state index contributed by atoms with van der Waals surface area (Å²) < 4.78 is 0. The third-order valence-electron chi connectivity index (χ3n) is 3.30. The second-order valence-electron chi connectivity index (χ2n) is 4.74. The van der Waals surface area contributed by atoms with Crippen molar-refractivity contribution in [2.75, 3.05) is 0 Å². The first-order chi connectivity index (χ1) is 10.1. The van der Waals surface area contributed by atoms with Crippen LogP contribution >= 0.6 is 0 Å². The van der Waals surface area contributed by atoms with Gasteiger partial charge in [-0.05, 0) is 29.8 Å². The van der Waals surface area contributed by atoms with E-state index in [1.165, 1.54) is 18.2 Å². The van der Waals surface area contributed by atoms with Gasteiger partial charge < -0.3 is 5.11 Å². The van der Waals surface area contributed by atoms with Crippen LogP contribution in [-0.4, -0.2) is 15.7 Å². The first-order valence-corrected chi connectivity index (χ1v) is 6.44. The summed E-state index contributed by atoms with van der Waals surface area (Å²) in [6.07, 6.45) is 4.15. The van der Waals surface area contributed by atoms with Gasteiger partial charge in [-0.25, -0.2) is 0 Å². The molecule has 0 spiro atoms. The van der Waals surface area contributed by atoms with Crippen LogP contribution in [-0.2, 0) is 6.42 Å². The van der Waals surface area contributed by atoms with Crippen molar-refractivity contribution >= 4 is 23.2 Å². The molecule has 5 nitrogen and oxygen atoms in total. The monoisotopic (exact) mass is 280 g/mol. The van der Waals surface area contributed by atoms with Crippen molar-refractivity contribution in [3.63, 3.8) is 0 Å². The Morgan fingerprint density at radius 2 is 2.00 bits per heavy atom. The minimum absolute atomic E-state index is 0.00737. The average Bonchev–Trinajstić information content (AvgIpc) is 2.89. The lowest BCUT2D eigenvalue weighted by molar-refractivity contribution is -0.384. The Kier molecular flexibility index (Phi) is 3.23. The van der Waals surface area contributed by atoms with Crippen molar-refractivity contribution in [3.05, 3.63) is 69.8 Å². The molecule has 104 valence electrons. The molecule has 3 rings (SSSR count). The Hall–Kier alpha value is -2.95. The fraction of sp³-hybridized carbons (Fsp3) is 0.0625. The topological polar surface area (TPSA) is 75.7 Å². The lowest BCUT2D eigenvalue weighted by atomic mass is 10.1. The molecular weight excluding hydrogens is 268 g/mol. The molecule has 0 radical (unpaired) electrons. The number of phenols is 1. The molecule has 0 bridgehead atoms. The van der Waals surface area contributed by atoms with Gasteiger partial charge in [0.1, 0.15) is 5.75 Å². The van der Waals surface area contributed by atoms with E-state index in [9.17, 15) is 15.2 Å². The minimum Gasteiger partial charge on any atom is -0.507 e. The maximum absolute atomic E-state index is 10.7. The second kappa shape index (κ2) is 5.20. The third kappa shape index (κ3) is 2.67. The van der Waals surface area contributed by atoms with Crippen LogP contribution in [0.5, 0.6) is 5.75 Å². The Labute approximate surface area is 121 Å². The van der Waals surface area contributed by atoms with E-state index in [4.69, 9.17) is 0 Å². The van der Waals surface area contributed by atoms with Crippen LogP contribution in [0.15, 0.2) is 53.5 Å². The number of fused-ring (bicyclic) bond motifs is 1. The zero-order chi connectivity index (χ0) is 14.8. The van der Waals surface area contributed by atoms with Crippen LogP contribution < -0.4 is 0 Å². The fourth-order valence-corrected chi connectivity index (χ4v) is 2.23. The van der Waals surface area contributed by atoms with Crippen molar-refractivity contribution in [3.8, 4) is 5.75 Å². The van der Waals surface area contributed by atoms with Crippen molar-refractivity contribution in [1.82, 2.24) is 0 Å². The van der Waals surface area contributed by atoms with Crippen LogP contribution in [0.1, 0.15) is 11.1 Å². The summed E-state index contributed by atoms with van der Waals surface area (Å²) in [6, 6.07) is 11.8. The number of allylic oxidation sites excluding steroid dienone is 1. The van der Waals surface area contributed by atoms with Gasteiger partial charge in [-0.2, -0.15) is 0 Å². The van der Waals surface area contributed by atoms with E-state index in [0.717, 1.165) is 23.4 Å². The van der Waals surface area contributed by atoms with Crippen molar-refractivity contribution in [2.24, 2.45) is 4.99 Å². The van der Waals surface area contributed by atoms with Crippen molar-refractivity contribution in [2.45, 2.75) is 6.42 Å². The second-order valence-corrected chi connectivity index (χ2v) is 4.74. The molecule has 0 fully saturated rings. The van der Waals surface area contributed by atoms with Gasteiger partial charge in [0.15, 0.2) is 0 Å². The number of hydrogen-bond acceptors (Lipinski definition) is 4. The largest absolute Gasteiger partial charge is 0.507 e. The molecule has 1 N–H and O–H groups in total. The zero-order valence-corrected chi connectivity index (χ0v) is 11.1. The van der Waals surface area contributed by atoms with Gasteiger partial charge in [-0.1, -0.05) is 18.2 Å². The van der Waals surface area contributed by atoms with E-state index in [-0.39, 0.29) is 11.4 Å². The van der Waals surface area contributed by atoms with Crippen molar-refractivity contribution < 1.29 is 10.0 Å².